The second kappa shape index (κ2) is 15.9. The predicted molar refractivity (Wildman–Crippen MR) is 323 cm³/mol. The molecule has 0 aliphatic heterocycles. The fraction of sp³-hybridized carbons (Fsp3) is 0.120. The van der Waals surface area contributed by atoms with Crippen LogP contribution in [0.3, 0.4) is 0 Å². The van der Waals surface area contributed by atoms with E-state index in [-0.39, 0.29) is 5.41 Å². The molecule has 16 rings (SSSR count). The van der Waals surface area contributed by atoms with Gasteiger partial charge in [0.05, 0.1) is 11.1 Å². The molecule has 3 aliphatic rings. The Labute approximate surface area is 454 Å². The summed E-state index contributed by atoms with van der Waals surface area (Å²) in [4.78, 5) is 2.54. The minimum absolute atomic E-state index is 0.328. The van der Waals surface area contributed by atoms with Gasteiger partial charge >= 0.3 is 0 Å². The molecule has 372 valence electrons. The van der Waals surface area contributed by atoms with Crippen molar-refractivity contribution in [3.05, 3.63) is 280 Å². The van der Waals surface area contributed by atoms with E-state index in [1.807, 2.05) is 0 Å². The van der Waals surface area contributed by atoms with Crippen LogP contribution in [-0.4, -0.2) is 0 Å². The van der Waals surface area contributed by atoms with Gasteiger partial charge in [-0.1, -0.05) is 210 Å². The van der Waals surface area contributed by atoms with Gasteiger partial charge in [-0.05, 0) is 145 Å². The smallest absolute Gasteiger partial charge is 0.144 e. The molecule has 0 saturated heterocycles. The van der Waals surface area contributed by atoms with Crippen molar-refractivity contribution >= 4 is 60.9 Å². The maximum Gasteiger partial charge on any atom is 0.144 e. The summed E-state index contributed by atoms with van der Waals surface area (Å²) >= 11 is 0. The minimum Gasteiger partial charge on any atom is -0.455 e. The summed E-state index contributed by atoms with van der Waals surface area (Å²) < 4.78 is 14.1. The number of fused-ring (bicyclic) bond motifs is 19. The van der Waals surface area contributed by atoms with Crippen molar-refractivity contribution in [1.82, 2.24) is 0 Å². The van der Waals surface area contributed by atoms with Crippen LogP contribution in [0.15, 0.2) is 233 Å². The molecule has 11 aromatic carbocycles. The van der Waals surface area contributed by atoms with Crippen LogP contribution in [0.25, 0.3) is 88.4 Å². The standard InChI is InChI=1S/C75H55NO2/c1-44-23-22-24-45(2)70(44)76(49-37-39-52-58(41-49)73(3,4)60-43-56(46-25-10-7-11-26-46)71-65(63(52)60)54-32-17-20-35-61(54)77-71)50-38-40-53-59(42-50)74(5,6)68-64(53)66-55-33-18-21-36-62(55)78-72(66)67-51-31-16-19-34-57(51)75(69(67)68,47-27-12-8-13-28-47)48-29-14-9-15-30-48/h7-43H,1-6H3. The van der Waals surface area contributed by atoms with Crippen molar-refractivity contribution in [3.63, 3.8) is 0 Å². The number of para-hydroxylation sites is 3. The molecule has 3 nitrogen and oxygen atoms in total. The molecule has 0 saturated carbocycles. The Kier molecular flexibility index (Phi) is 9.21. The molecular weight excluding hydrogens is 947 g/mol. The van der Waals surface area contributed by atoms with E-state index in [0.717, 1.165) is 55.6 Å². The fourth-order valence-electron chi connectivity index (χ4n) is 15.0. The average molecular weight is 1000 g/mol. The first-order valence-corrected chi connectivity index (χ1v) is 27.5. The van der Waals surface area contributed by atoms with Gasteiger partial charge in [-0.2, -0.15) is 0 Å². The Hall–Kier alpha value is -9.18. The van der Waals surface area contributed by atoms with Crippen molar-refractivity contribution in [2.24, 2.45) is 0 Å². The van der Waals surface area contributed by atoms with Crippen molar-refractivity contribution in [2.75, 3.05) is 4.90 Å². The lowest BCUT2D eigenvalue weighted by molar-refractivity contribution is 0.631. The summed E-state index contributed by atoms with van der Waals surface area (Å²) in [5, 5.41) is 4.66. The number of nitrogens with zero attached hydrogens (tertiary/aromatic N) is 1. The normalized spacial score (nSPS) is 14.8. The number of rotatable bonds is 6. The first-order valence-electron chi connectivity index (χ1n) is 27.5. The Morgan fingerprint density at radius 2 is 0.859 bits per heavy atom. The first-order chi connectivity index (χ1) is 38.1. The van der Waals surface area contributed by atoms with E-state index in [9.17, 15) is 0 Å². The van der Waals surface area contributed by atoms with Gasteiger partial charge in [-0.15, -0.1) is 0 Å². The van der Waals surface area contributed by atoms with Crippen LogP contribution in [0.2, 0.25) is 0 Å². The van der Waals surface area contributed by atoms with Crippen LogP contribution in [0, 0.1) is 13.8 Å². The van der Waals surface area contributed by atoms with Crippen molar-refractivity contribution in [3.8, 4) is 44.5 Å². The molecule has 78 heavy (non-hydrogen) atoms. The van der Waals surface area contributed by atoms with E-state index in [1.54, 1.807) is 0 Å². The largest absolute Gasteiger partial charge is 0.455 e. The number of hydrogen-bond donors (Lipinski definition) is 0. The van der Waals surface area contributed by atoms with Crippen LogP contribution < -0.4 is 4.90 Å². The predicted octanol–water partition coefficient (Wildman–Crippen LogP) is 20.2. The van der Waals surface area contributed by atoms with Gasteiger partial charge in [0.2, 0.25) is 0 Å². The highest BCUT2D eigenvalue weighted by Crippen LogP contribution is 2.67. The number of anilines is 3. The number of benzene rings is 11. The van der Waals surface area contributed by atoms with Gasteiger partial charge in [0.15, 0.2) is 0 Å². The Morgan fingerprint density at radius 3 is 1.49 bits per heavy atom. The molecule has 3 heteroatoms. The maximum absolute atomic E-state index is 7.26. The van der Waals surface area contributed by atoms with Crippen LogP contribution in [-0.2, 0) is 16.2 Å². The van der Waals surface area contributed by atoms with E-state index in [1.165, 1.54) is 105 Å². The lowest BCUT2D eigenvalue weighted by Crippen LogP contribution is -2.32. The van der Waals surface area contributed by atoms with Crippen LogP contribution in [0.5, 0.6) is 0 Å². The number of furan rings is 2. The van der Waals surface area contributed by atoms with Crippen LogP contribution >= 0.6 is 0 Å². The molecule has 0 fully saturated rings. The molecule has 0 N–H and O–H groups in total. The maximum atomic E-state index is 7.26. The van der Waals surface area contributed by atoms with E-state index in [4.69, 9.17) is 8.83 Å². The zero-order valence-electron chi connectivity index (χ0n) is 44.6. The van der Waals surface area contributed by atoms with Crippen LogP contribution in [0.1, 0.15) is 83.3 Å². The highest BCUT2D eigenvalue weighted by Gasteiger charge is 2.54. The Balaban J connectivity index is 0.952. The Bertz CT molecular complexity index is 4630. The monoisotopic (exact) mass is 1000 g/mol. The van der Waals surface area contributed by atoms with E-state index >= 15 is 0 Å². The zero-order valence-corrected chi connectivity index (χ0v) is 44.6. The molecule has 2 heterocycles. The van der Waals surface area contributed by atoms with Gasteiger partial charge in [0, 0.05) is 54.9 Å². The van der Waals surface area contributed by atoms with E-state index < -0.39 is 10.8 Å². The summed E-state index contributed by atoms with van der Waals surface area (Å²) in [5.74, 6) is 0. The molecule has 13 aromatic rings. The lowest BCUT2D eigenvalue weighted by Gasteiger charge is -2.37. The van der Waals surface area contributed by atoms with Crippen LogP contribution in [0.4, 0.5) is 17.1 Å². The van der Waals surface area contributed by atoms with Crippen molar-refractivity contribution < 1.29 is 8.83 Å². The molecule has 0 unspecified atom stereocenters. The zero-order chi connectivity index (χ0) is 52.4. The highest BCUT2D eigenvalue weighted by molar-refractivity contribution is 6.22. The SMILES string of the molecule is Cc1cccc(C)c1N(c1ccc2c(c1)C(C)(C)c1cc(-c3ccccc3)c3oc4ccccc4c3c1-2)c1ccc2c(c1)C(C)(C)c1c3c(c4oc5ccccc5c4c1-2)-c1ccccc1C3(c1ccccc1)c1ccccc1. The molecule has 0 atom stereocenters. The van der Waals surface area contributed by atoms with E-state index in [0.29, 0.717) is 0 Å². The number of aryl methyl sites for hydroxylation is 2. The lowest BCUT2D eigenvalue weighted by atomic mass is 9.63. The fourth-order valence-corrected chi connectivity index (χ4v) is 15.0. The Morgan fingerprint density at radius 1 is 0.359 bits per heavy atom. The average Bonchev–Trinajstić information content (AvgIpc) is 2.57. The quantitative estimate of drug-likeness (QED) is 0.166. The molecular formula is C75H55NO2. The third-order valence-corrected chi connectivity index (χ3v) is 18.3. The molecule has 3 aliphatic carbocycles. The number of hydrogen-bond acceptors (Lipinski definition) is 3. The third kappa shape index (κ3) is 5.78. The molecule has 0 radical (unpaired) electrons. The minimum atomic E-state index is -0.636. The van der Waals surface area contributed by atoms with Gasteiger partial charge in [0.1, 0.15) is 22.3 Å². The van der Waals surface area contributed by atoms with Gasteiger partial charge in [-0.3, -0.25) is 0 Å². The van der Waals surface area contributed by atoms with Gasteiger partial charge < -0.3 is 13.7 Å². The second-order valence-electron chi connectivity index (χ2n) is 23.1. The highest BCUT2D eigenvalue weighted by atomic mass is 16.3. The molecule has 0 spiro atoms. The van der Waals surface area contributed by atoms with E-state index in [2.05, 4.69) is 271 Å². The van der Waals surface area contributed by atoms with Gasteiger partial charge in [-0.25, -0.2) is 0 Å². The summed E-state index contributed by atoms with van der Waals surface area (Å²) in [6.07, 6.45) is 0. The van der Waals surface area contributed by atoms with Crippen molar-refractivity contribution in [2.45, 2.75) is 57.8 Å². The summed E-state index contributed by atoms with van der Waals surface area (Å²) in [6.45, 7) is 14.3. The molecule has 0 bridgehead atoms. The second-order valence-corrected chi connectivity index (χ2v) is 23.1. The first kappa shape index (κ1) is 45.1. The molecule has 0 amide bonds. The summed E-state index contributed by atoms with van der Waals surface area (Å²) in [6, 6.07) is 83.2. The van der Waals surface area contributed by atoms with Crippen molar-refractivity contribution in [1.29, 1.82) is 0 Å². The summed E-state index contributed by atoms with van der Waals surface area (Å²) in [7, 11) is 0. The summed E-state index contributed by atoms with van der Waals surface area (Å²) in [5.41, 5.74) is 28.3. The third-order valence-electron chi connectivity index (χ3n) is 18.3. The molecule has 2 aromatic heterocycles. The van der Waals surface area contributed by atoms with Gasteiger partial charge in [0.25, 0.3) is 0 Å². The topological polar surface area (TPSA) is 29.5 Å².